The van der Waals surface area contributed by atoms with Crippen LogP contribution in [0.5, 0.6) is 0 Å². The second kappa shape index (κ2) is 4.67. The number of carbonyl (C=O) groups excluding carboxylic acids is 1. The summed E-state index contributed by atoms with van der Waals surface area (Å²) in [6.45, 7) is 2.79. The highest BCUT2D eigenvalue weighted by atomic mass is 32.1. The third-order valence-corrected chi connectivity index (χ3v) is 3.14. The molecule has 0 aromatic carbocycles. The maximum atomic E-state index is 11.7. The molecule has 1 aliphatic heterocycles. The summed E-state index contributed by atoms with van der Waals surface area (Å²) in [5, 5.41) is 15.1. The summed E-state index contributed by atoms with van der Waals surface area (Å²) in [5.74, 6) is 0.00542. The number of anilines is 1. The predicted octanol–water partition coefficient (Wildman–Crippen LogP) is 0.927. The number of nitrogens with zero attached hydrogens (tertiary/aromatic N) is 2. The van der Waals surface area contributed by atoms with E-state index >= 15 is 0 Å². The number of rotatable bonds is 2. The molecule has 6 heteroatoms. The zero-order valence-electron chi connectivity index (χ0n) is 8.62. The summed E-state index contributed by atoms with van der Waals surface area (Å²) in [7, 11) is 0. The van der Waals surface area contributed by atoms with Crippen molar-refractivity contribution in [2.75, 3.05) is 11.9 Å². The molecule has 0 aliphatic carbocycles. The fourth-order valence-electron chi connectivity index (χ4n) is 1.62. The highest BCUT2D eigenvalue weighted by Gasteiger charge is 2.21. The molecular weight excluding hydrogens is 212 g/mol. The second-order valence-corrected chi connectivity index (χ2v) is 4.80. The summed E-state index contributed by atoms with van der Waals surface area (Å²) in [5.41, 5.74) is 0. The molecule has 2 N–H and O–H groups in total. The van der Waals surface area contributed by atoms with E-state index in [1.807, 2.05) is 6.92 Å². The van der Waals surface area contributed by atoms with Gasteiger partial charge in [0.05, 0.1) is 6.04 Å². The highest BCUT2D eigenvalue weighted by molar-refractivity contribution is 7.15. The number of hydrogen-bond donors (Lipinski definition) is 2. The first-order valence-corrected chi connectivity index (χ1v) is 5.92. The Morgan fingerprint density at radius 1 is 1.53 bits per heavy atom. The van der Waals surface area contributed by atoms with E-state index in [1.165, 1.54) is 11.3 Å². The smallest absolute Gasteiger partial charge is 0.243 e. The van der Waals surface area contributed by atoms with Crippen LogP contribution >= 0.6 is 11.3 Å². The predicted molar refractivity (Wildman–Crippen MR) is 58.9 cm³/mol. The van der Waals surface area contributed by atoms with Crippen LogP contribution < -0.4 is 10.6 Å². The Hall–Kier alpha value is -1.01. The van der Waals surface area contributed by atoms with Gasteiger partial charge in [-0.2, -0.15) is 0 Å². The lowest BCUT2D eigenvalue weighted by molar-refractivity contribution is -0.118. The minimum atomic E-state index is -0.0667. The van der Waals surface area contributed by atoms with Gasteiger partial charge in [-0.3, -0.25) is 10.1 Å². The monoisotopic (exact) mass is 226 g/mol. The van der Waals surface area contributed by atoms with Crippen LogP contribution in [0.1, 0.15) is 24.3 Å². The first kappa shape index (κ1) is 10.5. The van der Waals surface area contributed by atoms with Gasteiger partial charge in [0.2, 0.25) is 11.0 Å². The van der Waals surface area contributed by atoms with Crippen molar-refractivity contribution < 1.29 is 4.79 Å². The van der Waals surface area contributed by atoms with Crippen LogP contribution in [0.15, 0.2) is 0 Å². The molecule has 0 radical (unpaired) electrons. The van der Waals surface area contributed by atoms with Crippen molar-refractivity contribution in [2.45, 2.75) is 32.2 Å². The molecule has 82 valence electrons. The maximum Gasteiger partial charge on any atom is 0.243 e. The van der Waals surface area contributed by atoms with E-state index in [-0.39, 0.29) is 11.9 Å². The summed E-state index contributed by atoms with van der Waals surface area (Å²) < 4.78 is 0. The number of aromatic nitrogens is 2. The molecule has 15 heavy (non-hydrogen) atoms. The molecule has 5 nitrogen and oxygen atoms in total. The molecule has 1 saturated heterocycles. The van der Waals surface area contributed by atoms with Crippen LogP contribution in [0, 0.1) is 6.92 Å². The highest BCUT2D eigenvalue weighted by Crippen LogP contribution is 2.15. The molecule has 1 aromatic rings. The van der Waals surface area contributed by atoms with Crippen molar-refractivity contribution in [2.24, 2.45) is 0 Å². The average Bonchev–Trinajstić information content (AvgIpc) is 2.65. The Kier molecular flexibility index (Phi) is 3.27. The molecule has 1 amide bonds. The fraction of sp³-hybridized carbons (Fsp3) is 0.667. The molecule has 1 fully saturated rings. The van der Waals surface area contributed by atoms with Gasteiger partial charge in [0.25, 0.3) is 0 Å². The van der Waals surface area contributed by atoms with Crippen molar-refractivity contribution >= 4 is 22.4 Å². The summed E-state index contributed by atoms with van der Waals surface area (Å²) in [6, 6.07) is -0.0667. The van der Waals surface area contributed by atoms with E-state index in [4.69, 9.17) is 0 Å². The molecule has 0 unspecified atom stereocenters. The third kappa shape index (κ3) is 2.73. The van der Waals surface area contributed by atoms with Crippen molar-refractivity contribution in [1.82, 2.24) is 15.5 Å². The lowest BCUT2D eigenvalue weighted by Gasteiger charge is -2.21. The van der Waals surface area contributed by atoms with Crippen molar-refractivity contribution in [3.05, 3.63) is 5.01 Å². The van der Waals surface area contributed by atoms with Gasteiger partial charge in [-0.05, 0) is 26.3 Å². The Bertz CT molecular complexity index is 346. The number of hydrogen-bond acceptors (Lipinski definition) is 5. The van der Waals surface area contributed by atoms with Crippen LogP contribution in [0.4, 0.5) is 5.13 Å². The van der Waals surface area contributed by atoms with Crippen LogP contribution in [-0.2, 0) is 4.79 Å². The van der Waals surface area contributed by atoms with Gasteiger partial charge in [-0.15, -0.1) is 10.2 Å². The first-order valence-electron chi connectivity index (χ1n) is 5.10. The molecular formula is C9H14N4OS. The van der Waals surface area contributed by atoms with Crippen molar-refractivity contribution in [1.29, 1.82) is 0 Å². The molecule has 1 aromatic heterocycles. The lowest BCUT2D eigenvalue weighted by atomic mass is 10.0. The molecule has 2 heterocycles. The Morgan fingerprint density at radius 2 is 2.40 bits per heavy atom. The van der Waals surface area contributed by atoms with Crippen LogP contribution in [-0.4, -0.2) is 28.7 Å². The topological polar surface area (TPSA) is 66.9 Å². The number of amides is 1. The largest absolute Gasteiger partial charge is 0.306 e. The van der Waals surface area contributed by atoms with Crippen LogP contribution in [0.25, 0.3) is 0 Å². The van der Waals surface area contributed by atoms with E-state index < -0.39 is 0 Å². The third-order valence-electron chi connectivity index (χ3n) is 2.38. The van der Waals surface area contributed by atoms with Gasteiger partial charge in [-0.25, -0.2) is 0 Å². The van der Waals surface area contributed by atoms with Gasteiger partial charge in [0, 0.05) is 0 Å². The Labute approximate surface area is 92.3 Å². The van der Waals surface area contributed by atoms with Gasteiger partial charge in [0.15, 0.2) is 0 Å². The van der Waals surface area contributed by atoms with E-state index in [2.05, 4.69) is 20.8 Å². The Balaban J connectivity index is 1.91. The minimum Gasteiger partial charge on any atom is -0.306 e. The van der Waals surface area contributed by atoms with Gasteiger partial charge >= 0.3 is 0 Å². The molecule has 1 aliphatic rings. The molecule has 0 spiro atoms. The number of carbonyl (C=O) groups is 1. The maximum absolute atomic E-state index is 11.7. The number of aryl methyl sites for hydroxylation is 1. The summed E-state index contributed by atoms with van der Waals surface area (Å²) in [4.78, 5) is 11.7. The second-order valence-electron chi connectivity index (χ2n) is 3.62. The van der Waals surface area contributed by atoms with E-state index in [1.54, 1.807) is 0 Å². The standard InChI is InChI=1S/C9H14N4OS/c1-6-12-13-9(15-6)11-8(14)7-4-2-3-5-10-7/h7,10H,2-5H2,1H3,(H,11,13,14)/t7-/m0/s1. The van der Waals surface area contributed by atoms with Crippen LogP contribution in [0.3, 0.4) is 0 Å². The van der Waals surface area contributed by atoms with E-state index in [0.717, 1.165) is 30.8 Å². The van der Waals surface area contributed by atoms with Gasteiger partial charge in [-0.1, -0.05) is 17.8 Å². The van der Waals surface area contributed by atoms with Gasteiger partial charge in [0.1, 0.15) is 5.01 Å². The Morgan fingerprint density at radius 3 is 3.00 bits per heavy atom. The van der Waals surface area contributed by atoms with Crippen molar-refractivity contribution in [3.63, 3.8) is 0 Å². The van der Waals surface area contributed by atoms with E-state index in [9.17, 15) is 4.79 Å². The molecule has 1 atom stereocenters. The van der Waals surface area contributed by atoms with Crippen molar-refractivity contribution in [3.8, 4) is 0 Å². The molecule has 2 rings (SSSR count). The fourth-order valence-corrected chi connectivity index (χ4v) is 2.21. The SMILES string of the molecule is Cc1nnc(NC(=O)[C@@H]2CCCCN2)s1. The quantitative estimate of drug-likeness (QED) is 0.787. The first-order chi connectivity index (χ1) is 7.25. The number of nitrogens with one attached hydrogen (secondary N) is 2. The molecule has 0 bridgehead atoms. The zero-order valence-corrected chi connectivity index (χ0v) is 9.43. The number of piperidine rings is 1. The van der Waals surface area contributed by atoms with Gasteiger partial charge < -0.3 is 5.32 Å². The minimum absolute atomic E-state index is 0.00542. The van der Waals surface area contributed by atoms with Crippen LogP contribution in [0.2, 0.25) is 0 Å². The lowest BCUT2D eigenvalue weighted by Crippen LogP contribution is -2.43. The molecule has 0 saturated carbocycles. The zero-order chi connectivity index (χ0) is 10.7. The van der Waals surface area contributed by atoms with E-state index in [0.29, 0.717) is 5.13 Å². The summed E-state index contributed by atoms with van der Waals surface area (Å²) >= 11 is 1.40. The normalized spacial score (nSPS) is 21.3. The average molecular weight is 226 g/mol. The summed E-state index contributed by atoms with van der Waals surface area (Å²) in [6.07, 6.45) is 3.17.